The molecule has 1 aromatic carbocycles. The van der Waals surface area contributed by atoms with Gasteiger partial charge in [0.05, 0.1) is 18.0 Å². The molecule has 0 aromatic heterocycles. The van der Waals surface area contributed by atoms with E-state index in [0.29, 0.717) is 13.0 Å². The Kier molecular flexibility index (Phi) is 4.06. The fourth-order valence-electron chi connectivity index (χ4n) is 2.29. The molecule has 8 heteroatoms. The molecule has 2 rings (SSSR count). The first-order valence-corrected chi connectivity index (χ1v) is 6.28. The molecule has 1 saturated heterocycles. The van der Waals surface area contributed by atoms with E-state index in [2.05, 4.69) is 0 Å². The van der Waals surface area contributed by atoms with Crippen molar-refractivity contribution >= 4 is 17.6 Å². The Balaban J connectivity index is 2.22. The Bertz CT molecular complexity index is 600. The number of carboxylic acid groups (broad SMARTS) is 1. The second kappa shape index (κ2) is 5.78. The van der Waals surface area contributed by atoms with Crippen molar-refractivity contribution in [2.24, 2.45) is 5.92 Å². The summed E-state index contributed by atoms with van der Waals surface area (Å²) >= 11 is 0. The molecule has 1 amide bonds. The van der Waals surface area contributed by atoms with Gasteiger partial charge in [0, 0.05) is 24.7 Å². The summed E-state index contributed by atoms with van der Waals surface area (Å²) in [5, 5.41) is 19.9. The highest BCUT2D eigenvalue weighted by atomic mass is 16.6. The Labute approximate surface area is 120 Å². The van der Waals surface area contributed by atoms with Gasteiger partial charge in [-0.3, -0.25) is 19.7 Å². The number of amides is 1. The van der Waals surface area contributed by atoms with Gasteiger partial charge in [-0.1, -0.05) is 0 Å². The van der Waals surface area contributed by atoms with Crippen LogP contribution in [0.4, 0.5) is 5.69 Å². The van der Waals surface area contributed by atoms with Gasteiger partial charge in [0.15, 0.2) is 5.75 Å². The molecule has 0 bridgehead atoms. The first kappa shape index (κ1) is 14.8. The molecule has 1 heterocycles. The molecule has 1 unspecified atom stereocenters. The fourth-order valence-corrected chi connectivity index (χ4v) is 2.29. The van der Waals surface area contributed by atoms with Crippen LogP contribution >= 0.6 is 0 Å². The van der Waals surface area contributed by atoms with Crippen LogP contribution in [0.1, 0.15) is 16.8 Å². The zero-order valence-electron chi connectivity index (χ0n) is 11.3. The molecule has 21 heavy (non-hydrogen) atoms. The topological polar surface area (TPSA) is 110 Å². The van der Waals surface area contributed by atoms with Crippen molar-refractivity contribution in [1.29, 1.82) is 0 Å². The standard InChI is InChI=1S/C13H14N2O6/c1-21-11-3-2-8(6-10(11)15(19)20)12(16)14-5-4-9(7-14)13(17)18/h2-3,6,9H,4-5,7H2,1H3,(H,17,18). The summed E-state index contributed by atoms with van der Waals surface area (Å²) in [5.41, 5.74) is -0.147. The first-order chi connectivity index (χ1) is 9.93. The molecule has 0 radical (unpaired) electrons. The summed E-state index contributed by atoms with van der Waals surface area (Å²) in [6, 6.07) is 3.94. The number of carbonyl (C=O) groups excluding carboxylic acids is 1. The number of hydrogen-bond acceptors (Lipinski definition) is 5. The van der Waals surface area contributed by atoms with Gasteiger partial charge in [0.2, 0.25) is 0 Å². The van der Waals surface area contributed by atoms with Crippen LogP contribution in [-0.4, -0.2) is 47.0 Å². The number of hydrogen-bond donors (Lipinski definition) is 1. The van der Waals surface area contributed by atoms with Crippen molar-refractivity contribution in [3.8, 4) is 5.75 Å². The number of aliphatic carboxylic acids is 1. The lowest BCUT2D eigenvalue weighted by atomic mass is 10.1. The Hall–Kier alpha value is -2.64. The summed E-state index contributed by atoms with van der Waals surface area (Å²) < 4.78 is 4.87. The highest BCUT2D eigenvalue weighted by Crippen LogP contribution is 2.28. The van der Waals surface area contributed by atoms with Crippen LogP contribution in [0.5, 0.6) is 5.75 Å². The molecule has 0 aliphatic carbocycles. The molecular formula is C13H14N2O6. The van der Waals surface area contributed by atoms with Gasteiger partial charge in [-0.05, 0) is 18.6 Å². The molecule has 1 N–H and O–H groups in total. The number of nitrogens with zero attached hydrogens (tertiary/aromatic N) is 2. The maximum absolute atomic E-state index is 12.3. The summed E-state index contributed by atoms with van der Waals surface area (Å²) in [6.45, 7) is 0.448. The summed E-state index contributed by atoms with van der Waals surface area (Å²) in [5.74, 6) is -1.86. The van der Waals surface area contributed by atoms with Gasteiger partial charge < -0.3 is 14.7 Å². The Morgan fingerprint density at radius 1 is 1.48 bits per heavy atom. The number of rotatable bonds is 4. The quantitative estimate of drug-likeness (QED) is 0.659. The lowest BCUT2D eigenvalue weighted by Crippen LogP contribution is -2.29. The third-order valence-corrected chi connectivity index (χ3v) is 3.45. The molecule has 0 saturated carbocycles. The number of benzene rings is 1. The Morgan fingerprint density at radius 3 is 2.71 bits per heavy atom. The average molecular weight is 294 g/mol. The highest BCUT2D eigenvalue weighted by molar-refractivity contribution is 5.95. The van der Waals surface area contributed by atoms with Crippen molar-refractivity contribution in [2.45, 2.75) is 6.42 Å². The van der Waals surface area contributed by atoms with Crippen LogP contribution in [0.3, 0.4) is 0 Å². The van der Waals surface area contributed by atoms with Gasteiger partial charge in [-0.25, -0.2) is 0 Å². The second-order valence-electron chi connectivity index (χ2n) is 4.72. The summed E-state index contributed by atoms with van der Waals surface area (Å²) in [7, 11) is 1.31. The third-order valence-electron chi connectivity index (χ3n) is 3.45. The van der Waals surface area contributed by atoms with Crippen LogP contribution in [-0.2, 0) is 4.79 Å². The fraction of sp³-hybridized carbons (Fsp3) is 0.385. The first-order valence-electron chi connectivity index (χ1n) is 6.28. The van der Waals surface area contributed by atoms with Crippen molar-refractivity contribution < 1.29 is 24.4 Å². The molecule has 112 valence electrons. The maximum Gasteiger partial charge on any atom is 0.311 e. The van der Waals surface area contributed by atoms with E-state index < -0.39 is 22.7 Å². The van der Waals surface area contributed by atoms with Crippen molar-refractivity contribution in [1.82, 2.24) is 4.90 Å². The third kappa shape index (κ3) is 2.93. The van der Waals surface area contributed by atoms with Crippen LogP contribution in [0, 0.1) is 16.0 Å². The van der Waals surface area contributed by atoms with E-state index in [1.54, 1.807) is 0 Å². The second-order valence-corrected chi connectivity index (χ2v) is 4.72. The predicted molar refractivity (Wildman–Crippen MR) is 71.3 cm³/mol. The number of ether oxygens (including phenoxy) is 1. The van der Waals surface area contributed by atoms with E-state index in [-0.39, 0.29) is 23.5 Å². The minimum atomic E-state index is -0.939. The normalized spacial score (nSPS) is 17.6. The van der Waals surface area contributed by atoms with E-state index in [9.17, 15) is 19.7 Å². The molecule has 0 spiro atoms. The Morgan fingerprint density at radius 2 is 2.19 bits per heavy atom. The van der Waals surface area contributed by atoms with E-state index in [0.717, 1.165) is 6.07 Å². The van der Waals surface area contributed by atoms with Crippen LogP contribution in [0.15, 0.2) is 18.2 Å². The molecule has 1 atom stereocenters. The number of methoxy groups -OCH3 is 1. The van der Waals surface area contributed by atoms with Crippen LogP contribution in [0.2, 0.25) is 0 Å². The van der Waals surface area contributed by atoms with Gasteiger partial charge >= 0.3 is 11.7 Å². The molecule has 8 nitrogen and oxygen atoms in total. The molecule has 1 aliphatic rings. The van der Waals surface area contributed by atoms with Crippen LogP contribution < -0.4 is 4.74 Å². The minimum Gasteiger partial charge on any atom is -0.490 e. The summed E-state index contributed by atoms with van der Waals surface area (Å²) in [4.78, 5) is 34.9. The van der Waals surface area contributed by atoms with Gasteiger partial charge in [-0.2, -0.15) is 0 Å². The van der Waals surface area contributed by atoms with Crippen molar-refractivity contribution in [3.63, 3.8) is 0 Å². The molecule has 1 aliphatic heterocycles. The van der Waals surface area contributed by atoms with Gasteiger partial charge in [-0.15, -0.1) is 0 Å². The summed E-state index contributed by atoms with van der Waals surface area (Å²) in [6.07, 6.45) is 0.388. The van der Waals surface area contributed by atoms with E-state index in [1.165, 1.54) is 24.1 Å². The zero-order chi connectivity index (χ0) is 15.6. The SMILES string of the molecule is COc1ccc(C(=O)N2CCC(C(=O)O)C2)cc1[N+](=O)[O-]. The number of carbonyl (C=O) groups is 2. The van der Waals surface area contributed by atoms with Crippen molar-refractivity contribution in [2.75, 3.05) is 20.2 Å². The highest BCUT2D eigenvalue weighted by Gasteiger charge is 2.32. The largest absolute Gasteiger partial charge is 0.490 e. The number of nitro benzene ring substituents is 1. The lowest BCUT2D eigenvalue weighted by Gasteiger charge is -2.16. The number of carboxylic acids is 1. The van der Waals surface area contributed by atoms with E-state index >= 15 is 0 Å². The molecular weight excluding hydrogens is 280 g/mol. The smallest absolute Gasteiger partial charge is 0.311 e. The zero-order valence-corrected chi connectivity index (χ0v) is 11.3. The average Bonchev–Trinajstić information content (AvgIpc) is 2.95. The van der Waals surface area contributed by atoms with Crippen molar-refractivity contribution in [3.05, 3.63) is 33.9 Å². The van der Waals surface area contributed by atoms with Gasteiger partial charge in [0.25, 0.3) is 5.91 Å². The van der Waals surface area contributed by atoms with E-state index in [4.69, 9.17) is 9.84 Å². The molecule has 1 aromatic rings. The maximum atomic E-state index is 12.3. The van der Waals surface area contributed by atoms with Gasteiger partial charge in [0.1, 0.15) is 0 Å². The monoisotopic (exact) mass is 294 g/mol. The minimum absolute atomic E-state index is 0.0707. The van der Waals surface area contributed by atoms with E-state index in [1.807, 2.05) is 0 Å². The molecule has 1 fully saturated rings. The lowest BCUT2D eigenvalue weighted by molar-refractivity contribution is -0.385. The number of nitro groups is 1. The number of likely N-dealkylation sites (tertiary alicyclic amines) is 1. The van der Waals surface area contributed by atoms with Crippen LogP contribution in [0.25, 0.3) is 0 Å². The predicted octanol–water partition coefficient (Wildman–Crippen LogP) is 1.15.